The van der Waals surface area contributed by atoms with Crippen molar-refractivity contribution in [1.82, 2.24) is 27.0 Å². The van der Waals surface area contributed by atoms with Crippen LogP contribution in [0.2, 0.25) is 0 Å². The molecule has 16 nitrogen and oxygen atoms in total. The van der Waals surface area contributed by atoms with Crippen molar-refractivity contribution < 1.29 is 54.2 Å². The van der Waals surface area contributed by atoms with Crippen molar-refractivity contribution in [2.75, 3.05) is 32.8 Å². The molecule has 2 unspecified atom stereocenters. The van der Waals surface area contributed by atoms with Crippen LogP contribution in [0, 0.1) is 0 Å². The number of carbonyl (C=O) groups is 5. The number of rotatable bonds is 15. The van der Waals surface area contributed by atoms with E-state index in [0.717, 1.165) is 0 Å². The second-order valence-corrected chi connectivity index (χ2v) is 8.13. The zero-order valence-electron chi connectivity index (χ0n) is 19.5. The highest BCUT2D eigenvalue weighted by Gasteiger charge is 2.43. The molecule has 10 N–H and O–H groups in total. The predicted molar refractivity (Wildman–Crippen MR) is 119 cm³/mol. The zero-order chi connectivity index (χ0) is 27.3. The second-order valence-electron chi connectivity index (χ2n) is 8.13. The van der Waals surface area contributed by atoms with Crippen LogP contribution in [0.25, 0.3) is 0 Å². The number of carboxylic acid groups (broad SMARTS) is 1. The minimum atomic E-state index is -1.57. The highest BCUT2D eigenvalue weighted by molar-refractivity contribution is 5.90. The van der Waals surface area contributed by atoms with Crippen LogP contribution >= 0.6 is 0 Å². The second kappa shape index (κ2) is 16.0. The summed E-state index contributed by atoms with van der Waals surface area (Å²) in [7, 11) is 0. The van der Waals surface area contributed by atoms with E-state index in [1.807, 2.05) is 5.32 Å². The minimum absolute atomic E-state index is 0.146. The molecule has 0 spiro atoms. The van der Waals surface area contributed by atoms with Gasteiger partial charge in [-0.05, 0) is 19.3 Å². The number of amides is 4. The number of aliphatic hydroxyl groups is 4. The van der Waals surface area contributed by atoms with Crippen molar-refractivity contribution in [3.05, 3.63) is 0 Å². The van der Waals surface area contributed by atoms with Gasteiger partial charge in [-0.15, -0.1) is 0 Å². The van der Waals surface area contributed by atoms with E-state index in [1.54, 1.807) is 0 Å². The molecule has 1 aliphatic rings. The lowest BCUT2D eigenvalue weighted by Crippen LogP contribution is -2.59. The van der Waals surface area contributed by atoms with E-state index in [-0.39, 0.29) is 19.4 Å². The summed E-state index contributed by atoms with van der Waals surface area (Å²) in [5.74, 6) is -3.84. The van der Waals surface area contributed by atoms with Crippen LogP contribution in [0.4, 0.5) is 0 Å². The number of nitrogens with one attached hydrogen (secondary N) is 5. The van der Waals surface area contributed by atoms with Crippen molar-refractivity contribution >= 4 is 29.6 Å². The van der Waals surface area contributed by atoms with Gasteiger partial charge in [0.25, 0.3) is 0 Å². The molecule has 0 bridgehead atoms. The summed E-state index contributed by atoms with van der Waals surface area (Å²) < 4.78 is 5.26. The Balaban J connectivity index is 2.18. The molecule has 1 fully saturated rings. The number of unbranched alkanes of at least 4 members (excludes halogenated alkanes) is 1. The Bertz CT molecular complexity index is 766. The van der Waals surface area contributed by atoms with E-state index >= 15 is 0 Å². The van der Waals surface area contributed by atoms with Gasteiger partial charge in [0.05, 0.1) is 38.3 Å². The summed E-state index contributed by atoms with van der Waals surface area (Å²) in [4.78, 5) is 57.2. The number of hydrogen-bond acceptors (Lipinski definition) is 10. The highest BCUT2D eigenvalue weighted by atomic mass is 16.5. The largest absolute Gasteiger partial charge is 0.480 e. The Kier molecular flexibility index (Phi) is 13.8. The smallest absolute Gasteiger partial charge is 0.322 e. The van der Waals surface area contributed by atoms with Crippen LogP contribution in [-0.4, -0.2) is 124 Å². The monoisotopic (exact) mass is 520 g/mol. The summed E-state index contributed by atoms with van der Waals surface area (Å²) in [6, 6.07) is -1.17. The molecule has 1 aliphatic heterocycles. The normalized spacial score (nSPS) is 24.3. The lowest BCUT2D eigenvalue weighted by molar-refractivity contribution is -0.229. The molecule has 205 valence electrons. The first-order chi connectivity index (χ1) is 17.0. The van der Waals surface area contributed by atoms with Crippen molar-refractivity contribution in [2.45, 2.75) is 62.2 Å². The van der Waals surface area contributed by atoms with Gasteiger partial charge in [-0.3, -0.25) is 24.0 Å². The van der Waals surface area contributed by atoms with Gasteiger partial charge >= 0.3 is 5.97 Å². The van der Waals surface area contributed by atoms with Gasteiger partial charge in [-0.2, -0.15) is 0 Å². The van der Waals surface area contributed by atoms with Gasteiger partial charge in [0, 0.05) is 6.54 Å². The van der Waals surface area contributed by atoms with E-state index < -0.39 is 92.4 Å². The Labute approximate surface area is 206 Å². The summed E-state index contributed by atoms with van der Waals surface area (Å²) in [5.41, 5.74) is 7.81. The first-order valence-corrected chi connectivity index (χ1v) is 11.3. The molecule has 4 amide bonds. The molecule has 36 heavy (non-hydrogen) atoms. The van der Waals surface area contributed by atoms with E-state index in [2.05, 4.69) is 16.0 Å². The van der Waals surface area contributed by atoms with Crippen molar-refractivity contribution in [3.63, 3.8) is 0 Å². The average molecular weight is 521 g/mol. The maximum Gasteiger partial charge on any atom is 0.322 e. The zero-order valence-corrected chi connectivity index (χ0v) is 19.5. The summed E-state index contributed by atoms with van der Waals surface area (Å²) in [6.45, 7) is -1.91. The third-order valence-corrected chi connectivity index (χ3v) is 5.24. The highest BCUT2D eigenvalue weighted by Crippen LogP contribution is 2.23. The number of ether oxygens (including phenoxy) is 1. The van der Waals surface area contributed by atoms with E-state index in [9.17, 15) is 39.3 Å². The Morgan fingerprint density at radius 1 is 0.778 bits per heavy atom. The van der Waals surface area contributed by atoms with Gasteiger partial charge in [0.15, 0.2) is 0 Å². The van der Waals surface area contributed by atoms with Crippen molar-refractivity contribution in [3.8, 4) is 0 Å². The standard InChI is InChI=1S/C20H34N5O11/c21-10(20(35)25-7-15(29)23-6-14(28)24-8-16(30)31)3-1-2-4-22-13(27)5-11-17(32)19(34)18(33)12(9-26)36-11/h10-12,17-19,21,26,32-34H,1-9H2,(H,22,27)(H,23,29)(H,24,28)(H,25,35)(H,30,31)/t10-,11-,12?,17?,18-,19+/m0/s1. The molecule has 0 aromatic carbocycles. The topological polar surface area (TPSA) is 268 Å². The number of carbonyl (C=O) groups excluding carboxylic acids is 4. The van der Waals surface area contributed by atoms with Gasteiger partial charge in [-0.1, -0.05) is 0 Å². The predicted octanol–water partition coefficient (Wildman–Crippen LogP) is -5.41. The number of aliphatic carboxylic acids is 1. The van der Waals surface area contributed by atoms with Crippen LogP contribution in [0.1, 0.15) is 25.7 Å². The van der Waals surface area contributed by atoms with Crippen LogP contribution in [0.3, 0.4) is 0 Å². The van der Waals surface area contributed by atoms with Crippen molar-refractivity contribution in [1.29, 1.82) is 0 Å². The molecule has 6 atom stereocenters. The summed E-state index contributed by atoms with van der Waals surface area (Å²) in [5, 5.41) is 56.1. The lowest BCUT2D eigenvalue weighted by atomic mass is 9.93. The maximum atomic E-state index is 12.1. The molecule has 1 heterocycles. The fourth-order valence-corrected chi connectivity index (χ4v) is 3.20. The molecular weight excluding hydrogens is 486 g/mol. The van der Waals surface area contributed by atoms with Crippen LogP contribution < -0.4 is 27.0 Å². The fraction of sp³-hybridized carbons (Fsp3) is 0.750. The Morgan fingerprint density at radius 2 is 1.36 bits per heavy atom. The van der Waals surface area contributed by atoms with Gasteiger partial charge in [0.1, 0.15) is 31.0 Å². The van der Waals surface area contributed by atoms with Crippen LogP contribution in [0.15, 0.2) is 0 Å². The van der Waals surface area contributed by atoms with Crippen LogP contribution in [0.5, 0.6) is 0 Å². The number of carboxylic acids is 1. The first kappa shape index (κ1) is 31.1. The molecule has 16 heteroatoms. The van der Waals surface area contributed by atoms with Gasteiger partial charge in [-0.25, -0.2) is 5.73 Å². The summed E-state index contributed by atoms with van der Waals surface area (Å²) >= 11 is 0. The maximum absolute atomic E-state index is 12.1. The molecular formula is C20H34N5O11. The molecule has 1 rings (SSSR count). The first-order valence-electron chi connectivity index (χ1n) is 11.3. The third-order valence-electron chi connectivity index (χ3n) is 5.24. The van der Waals surface area contributed by atoms with E-state index in [1.165, 1.54) is 0 Å². The fourth-order valence-electron chi connectivity index (χ4n) is 3.20. The molecule has 1 saturated heterocycles. The quantitative estimate of drug-likeness (QED) is 0.0919. The Morgan fingerprint density at radius 3 is 1.97 bits per heavy atom. The molecule has 0 saturated carbocycles. The number of aliphatic hydroxyl groups excluding tert-OH is 4. The Hall–Kier alpha value is -2.89. The minimum Gasteiger partial charge on any atom is -0.480 e. The molecule has 0 aromatic heterocycles. The van der Waals surface area contributed by atoms with E-state index in [0.29, 0.717) is 12.8 Å². The van der Waals surface area contributed by atoms with E-state index in [4.69, 9.17) is 20.7 Å². The van der Waals surface area contributed by atoms with Crippen molar-refractivity contribution in [2.24, 2.45) is 0 Å². The van der Waals surface area contributed by atoms with Crippen LogP contribution in [-0.2, 0) is 28.7 Å². The molecule has 0 aromatic rings. The SMILES string of the molecule is [NH][C@@H](CCCCNC(=O)C[C@@H]1OC(CO)[C@H](O)[C@H](O)C1O)C(=O)NCC(=O)NCC(=O)NCC(=O)O. The molecule has 0 aliphatic carbocycles. The number of hydrogen-bond donors (Lipinski definition) is 9. The third kappa shape index (κ3) is 11.2. The summed E-state index contributed by atoms with van der Waals surface area (Å²) in [6.07, 6.45) is -6.13. The van der Waals surface area contributed by atoms with Gasteiger partial charge < -0.3 is 51.5 Å². The van der Waals surface area contributed by atoms with Gasteiger partial charge in [0.2, 0.25) is 23.6 Å². The lowest BCUT2D eigenvalue weighted by Gasteiger charge is -2.39. The average Bonchev–Trinajstić information content (AvgIpc) is 2.84. The molecule has 1 radical (unpaired) electrons.